The molecule has 5 rings (SSSR count). The summed E-state index contributed by atoms with van der Waals surface area (Å²) in [7, 11) is 0. The van der Waals surface area contributed by atoms with Crippen LogP contribution in [0.1, 0.15) is 67.2 Å². The van der Waals surface area contributed by atoms with E-state index in [1.807, 2.05) is 18.3 Å². The lowest BCUT2D eigenvalue weighted by molar-refractivity contribution is -0.132. The summed E-state index contributed by atoms with van der Waals surface area (Å²) >= 11 is 0. The lowest BCUT2D eigenvalue weighted by Gasteiger charge is -2.34. The van der Waals surface area contributed by atoms with Crippen molar-refractivity contribution in [2.24, 2.45) is 5.92 Å². The van der Waals surface area contributed by atoms with Crippen molar-refractivity contribution in [2.75, 3.05) is 24.5 Å². The van der Waals surface area contributed by atoms with Crippen LogP contribution in [0.25, 0.3) is 0 Å². The van der Waals surface area contributed by atoms with Crippen LogP contribution >= 0.6 is 0 Å². The number of hydrogen-bond donors (Lipinski definition) is 0. The van der Waals surface area contributed by atoms with Gasteiger partial charge in [-0.05, 0) is 63.5 Å². The number of rotatable bonds is 5. The van der Waals surface area contributed by atoms with Gasteiger partial charge < -0.3 is 9.80 Å². The molecule has 1 aliphatic carbocycles. The van der Waals surface area contributed by atoms with Gasteiger partial charge in [-0.25, -0.2) is 9.97 Å². The molecule has 1 amide bonds. The van der Waals surface area contributed by atoms with Crippen LogP contribution in [0.15, 0.2) is 36.5 Å². The Kier molecular flexibility index (Phi) is 6.19. The van der Waals surface area contributed by atoms with E-state index in [1.165, 1.54) is 5.56 Å². The number of carbonyl (C=O) groups is 1. The Bertz CT molecular complexity index is 981. The molecule has 0 saturated carbocycles. The first-order valence-corrected chi connectivity index (χ1v) is 12.1. The van der Waals surface area contributed by atoms with Gasteiger partial charge in [-0.3, -0.25) is 9.78 Å². The van der Waals surface area contributed by atoms with Crippen molar-refractivity contribution in [3.63, 3.8) is 0 Å². The second-order valence-electron chi connectivity index (χ2n) is 9.44. The van der Waals surface area contributed by atoms with Gasteiger partial charge in [0.1, 0.15) is 11.6 Å². The van der Waals surface area contributed by atoms with Gasteiger partial charge in [0.25, 0.3) is 0 Å². The molecule has 1 fully saturated rings. The Morgan fingerprint density at radius 2 is 2.00 bits per heavy atom. The highest BCUT2D eigenvalue weighted by Crippen LogP contribution is 2.33. The quantitative estimate of drug-likeness (QED) is 0.664. The van der Waals surface area contributed by atoms with Crippen LogP contribution in [-0.4, -0.2) is 45.4 Å². The summed E-state index contributed by atoms with van der Waals surface area (Å²) in [5.41, 5.74) is 3.47. The average Bonchev–Trinajstić information content (AvgIpc) is 3.33. The molecule has 0 unspecified atom stereocenters. The fourth-order valence-electron chi connectivity index (χ4n) is 5.34. The van der Waals surface area contributed by atoms with E-state index in [0.717, 1.165) is 87.7 Å². The van der Waals surface area contributed by atoms with Gasteiger partial charge in [-0.15, -0.1) is 0 Å². The molecular formula is C26H33N5O. The van der Waals surface area contributed by atoms with Crippen molar-refractivity contribution in [1.82, 2.24) is 19.9 Å². The SMILES string of the molecule is Cc1nc(C2CCN(C(=O)C[C@@H]3C=CCC3)CC2)nc2c1CCCN2Cc1ccccn1. The molecule has 168 valence electrons. The third-order valence-electron chi connectivity index (χ3n) is 7.20. The van der Waals surface area contributed by atoms with Gasteiger partial charge in [0, 0.05) is 49.4 Å². The fraction of sp³-hybridized carbons (Fsp3) is 0.538. The summed E-state index contributed by atoms with van der Waals surface area (Å²) in [6.45, 7) is 5.55. The van der Waals surface area contributed by atoms with Crippen LogP contribution in [-0.2, 0) is 17.8 Å². The Balaban J connectivity index is 1.28. The Labute approximate surface area is 190 Å². The summed E-state index contributed by atoms with van der Waals surface area (Å²) in [4.78, 5) is 31.7. The number of aryl methyl sites for hydroxylation is 1. The molecule has 6 nitrogen and oxygen atoms in total. The standard InChI is InChI=1S/C26H33N5O/c1-19-23-10-6-14-31(18-22-9-4-5-13-27-22)26(23)29-25(28-19)21-11-15-30(16-12-21)24(32)17-20-7-2-3-8-20/h2,4-5,7,9,13,20-21H,3,6,8,10-12,14-18H2,1H3/t20-/m1/s1. The highest BCUT2D eigenvalue weighted by atomic mass is 16.2. The highest BCUT2D eigenvalue weighted by Gasteiger charge is 2.29. The van der Waals surface area contributed by atoms with Crippen LogP contribution in [0.2, 0.25) is 0 Å². The lowest BCUT2D eigenvalue weighted by atomic mass is 9.94. The summed E-state index contributed by atoms with van der Waals surface area (Å²) in [6.07, 6.45) is 13.2. The first-order valence-electron chi connectivity index (χ1n) is 12.1. The van der Waals surface area contributed by atoms with Gasteiger partial charge in [-0.1, -0.05) is 18.2 Å². The van der Waals surface area contributed by atoms with Crippen molar-refractivity contribution in [3.05, 3.63) is 59.3 Å². The minimum atomic E-state index is 0.309. The molecule has 4 heterocycles. The maximum absolute atomic E-state index is 12.7. The third kappa shape index (κ3) is 4.54. The molecule has 2 aromatic heterocycles. The molecule has 2 aliphatic heterocycles. The number of nitrogens with zero attached hydrogens (tertiary/aromatic N) is 5. The van der Waals surface area contributed by atoms with Crippen LogP contribution in [0, 0.1) is 12.8 Å². The van der Waals surface area contributed by atoms with Crippen LogP contribution in [0.5, 0.6) is 0 Å². The molecule has 6 heteroatoms. The van der Waals surface area contributed by atoms with Gasteiger partial charge in [0.15, 0.2) is 0 Å². The summed E-state index contributed by atoms with van der Waals surface area (Å²) in [5, 5.41) is 0. The third-order valence-corrected chi connectivity index (χ3v) is 7.20. The minimum Gasteiger partial charge on any atom is -0.350 e. The summed E-state index contributed by atoms with van der Waals surface area (Å²) in [5.74, 6) is 3.13. The zero-order valence-corrected chi connectivity index (χ0v) is 19.0. The maximum Gasteiger partial charge on any atom is 0.223 e. The lowest BCUT2D eigenvalue weighted by Crippen LogP contribution is -2.39. The van der Waals surface area contributed by atoms with E-state index in [-0.39, 0.29) is 0 Å². The van der Waals surface area contributed by atoms with Crippen LogP contribution in [0.3, 0.4) is 0 Å². The molecular weight excluding hydrogens is 398 g/mol. The monoisotopic (exact) mass is 431 g/mol. The number of amides is 1. The molecule has 32 heavy (non-hydrogen) atoms. The molecule has 0 N–H and O–H groups in total. The van der Waals surface area contributed by atoms with Crippen LogP contribution < -0.4 is 4.90 Å². The second kappa shape index (κ2) is 9.39. The van der Waals surface area contributed by atoms with E-state index in [4.69, 9.17) is 9.97 Å². The van der Waals surface area contributed by atoms with Crippen molar-refractivity contribution in [1.29, 1.82) is 0 Å². The summed E-state index contributed by atoms with van der Waals surface area (Å²) in [6, 6.07) is 6.08. The normalized spacial score (nSPS) is 21.1. The zero-order chi connectivity index (χ0) is 21.9. The number of aromatic nitrogens is 3. The minimum absolute atomic E-state index is 0.309. The average molecular weight is 432 g/mol. The number of anilines is 1. The first-order chi connectivity index (χ1) is 15.7. The fourth-order valence-corrected chi connectivity index (χ4v) is 5.34. The molecule has 1 atom stereocenters. The van der Waals surface area contributed by atoms with E-state index >= 15 is 0 Å². The van der Waals surface area contributed by atoms with Crippen molar-refractivity contribution < 1.29 is 4.79 Å². The molecule has 3 aliphatic rings. The zero-order valence-electron chi connectivity index (χ0n) is 19.0. The molecule has 0 radical (unpaired) electrons. The number of piperidine rings is 1. The highest BCUT2D eigenvalue weighted by molar-refractivity contribution is 5.76. The molecule has 0 aromatic carbocycles. The molecule has 1 saturated heterocycles. The Morgan fingerprint density at radius 3 is 2.75 bits per heavy atom. The molecule has 2 aromatic rings. The largest absolute Gasteiger partial charge is 0.350 e. The number of fused-ring (bicyclic) bond motifs is 1. The van der Waals surface area contributed by atoms with Gasteiger partial charge >= 0.3 is 0 Å². The van der Waals surface area contributed by atoms with Gasteiger partial charge in [0.2, 0.25) is 5.91 Å². The Morgan fingerprint density at radius 1 is 1.12 bits per heavy atom. The van der Waals surface area contributed by atoms with Crippen molar-refractivity contribution in [2.45, 2.75) is 64.3 Å². The maximum atomic E-state index is 12.7. The smallest absolute Gasteiger partial charge is 0.223 e. The van der Waals surface area contributed by atoms with E-state index in [1.54, 1.807) is 0 Å². The predicted molar refractivity (Wildman–Crippen MR) is 125 cm³/mol. The second-order valence-corrected chi connectivity index (χ2v) is 9.44. The summed E-state index contributed by atoms with van der Waals surface area (Å²) < 4.78 is 0. The van der Waals surface area contributed by atoms with Gasteiger partial charge in [0.05, 0.1) is 12.2 Å². The predicted octanol–water partition coefficient (Wildman–Crippen LogP) is 4.20. The van der Waals surface area contributed by atoms with E-state index in [2.05, 4.69) is 39.9 Å². The number of hydrogen-bond acceptors (Lipinski definition) is 5. The van der Waals surface area contributed by atoms with E-state index in [0.29, 0.717) is 24.2 Å². The van der Waals surface area contributed by atoms with Crippen LogP contribution in [0.4, 0.5) is 5.82 Å². The molecule has 0 spiro atoms. The Hall–Kier alpha value is -2.76. The van der Waals surface area contributed by atoms with E-state index < -0.39 is 0 Å². The van der Waals surface area contributed by atoms with Gasteiger partial charge in [-0.2, -0.15) is 0 Å². The number of likely N-dealkylation sites (tertiary alicyclic amines) is 1. The number of pyridine rings is 1. The van der Waals surface area contributed by atoms with E-state index in [9.17, 15) is 4.79 Å². The molecule has 0 bridgehead atoms. The van der Waals surface area contributed by atoms with Crippen molar-refractivity contribution in [3.8, 4) is 0 Å². The van der Waals surface area contributed by atoms with Crippen molar-refractivity contribution >= 4 is 11.7 Å². The number of carbonyl (C=O) groups excluding carboxylic acids is 1. The topological polar surface area (TPSA) is 62.2 Å². The first kappa shape index (κ1) is 21.1. The number of allylic oxidation sites excluding steroid dienone is 2.